The van der Waals surface area contributed by atoms with Crippen molar-refractivity contribution in [2.24, 2.45) is 11.8 Å². The summed E-state index contributed by atoms with van der Waals surface area (Å²) in [5.74, 6) is 0.685. The van der Waals surface area contributed by atoms with Crippen LogP contribution < -0.4 is 5.32 Å². The Balaban J connectivity index is 1.98. The number of aliphatic hydroxyl groups excluding tert-OH is 1. The van der Waals surface area contributed by atoms with E-state index in [4.69, 9.17) is 0 Å². The summed E-state index contributed by atoms with van der Waals surface area (Å²) in [7, 11) is 0. The molecule has 1 amide bonds. The fourth-order valence-electron chi connectivity index (χ4n) is 2.25. The summed E-state index contributed by atoms with van der Waals surface area (Å²) >= 11 is 0. The van der Waals surface area contributed by atoms with E-state index in [0.717, 1.165) is 18.4 Å². The van der Waals surface area contributed by atoms with Crippen LogP contribution in [0.2, 0.25) is 0 Å². The molecule has 0 bridgehead atoms. The summed E-state index contributed by atoms with van der Waals surface area (Å²) in [6.07, 6.45) is 2.10. The summed E-state index contributed by atoms with van der Waals surface area (Å²) in [5.41, 5.74) is 0.954. The molecule has 1 saturated carbocycles. The van der Waals surface area contributed by atoms with Crippen LogP contribution in [-0.2, 0) is 4.79 Å². The SMILES string of the molecule is C[C@@H]1CC[C@@H]1C(=O)N[C@@H](CO)c1ccccc1. The maximum atomic E-state index is 12.0. The molecule has 3 heteroatoms. The first kappa shape index (κ1) is 12.1. The molecule has 0 spiro atoms. The third-order valence-electron chi connectivity index (χ3n) is 3.66. The van der Waals surface area contributed by atoms with E-state index in [1.165, 1.54) is 0 Å². The molecule has 92 valence electrons. The zero-order chi connectivity index (χ0) is 12.3. The first-order valence-electron chi connectivity index (χ1n) is 6.18. The average molecular weight is 233 g/mol. The second kappa shape index (κ2) is 5.32. The molecule has 2 N–H and O–H groups in total. The second-order valence-corrected chi connectivity index (χ2v) is 4.82. The van der Waals surface area contributed by atoms with Gasteiger partial charge in [0.25, 0.3) is 0 Å². The second-order valence-electron chi connectivity index (χ2n) is 4.82. The minimum atomic E-state index is -0.281. The van der Waals surface area contributed by atoms with Gasteiger partial charge in [-0.3, -0.25) is 4.79 Å². The molecule has 3 atom stereocenters. The van der Waals surface area contributed by atoms with Gasteiger partial charge in [0.15, 0.2) is 0 Å². The van der Waals surface area contributed by atoms with Crippen LogP contribution in [0.3, 0.4) is 0 Å². The number of benzene rings is 1. The van der Waals surface area contributed by atoms with Crippen molar-refractivity contribution in [2.75, 3.05) is 6.61 Å². The molecule has 1 aromatic carbocycles. The summed E-state index contributed by atoms with van der Waals surface area (Å²) in [6.45, 7) is 2.04. The Morgan fingerprint density at radius 1 is 1.41 bits per heavy atom. The third-order valence-corrected chi connectivity index (χ3v) is 3.66. The van der Waals surface area contributed by atoms with Gasteiger partial charge in [-0.1, -0.05) is 37.3 Å². The number of nitrogens with one attached hydrogen (secondary N) is 1. The van der Waals surface area contributed by atoms with Crippen LogP contribution in [0.1, 0.15) is 31.4 Å². The van der Waals surface area contributed by atoms with Gasteiger partial charge >= 0.3 is 0 Å². The zero-order valence-corrected chi connectivity index (χ0v) is 10.1. The molecule has 3 nitrogen and oxygen atoms in total. The van der Waals surface area contributed by atoms with Gasteiger partial charge in [0.2, 0.25) is 5.91 Å². The van der Waals surface area contributed by atoms with Crippen LogP contribution in [0.25, 0.3) is 0 Å². The summed E-state index contributed by atoms with van der Waals surface area (Å²) in [6, 6.07) is 9.31. The highest BCUT2D eigenvalue weighted by atomic mass is 16.3. The number of hydrogen-bond donors (Lipinski definition) is 2. The van der Waals surface area contributed by atoms with E-state index < -0.39 is 0 Å². The van der Waals surface area contributed by atoms with Crippen molar-refractivity contribution in [3.05, 3.63) is 35.9 Å². The number of carbonyl (C=O) groups is 1. The topological polar surface area (TPSA) is 49.3 Å². The van der Waals surface area contributed by atoms with Crippen molar-refractivity contribution < 1.29 is 9.90 Å². The van der Waals surface area contributed by atoms with E-state index in [-0.39, 0.29) is 24.5 Å². The van der Waals surface area contributed by atoms with E-state index >= 15 is 0 Å². The van der Waals surface area contributed by atoms with E-state index in [0.29, 0.717) is 5.92 Å². The molecule has 0 radical (unpaired) electrons. The molecule has 1 aliphatic rings. The van der Waals surface area contributed by atoms with Crippen LogP contribution in [0.4, 0.5) is 0 Å². The number of aliphatic hydroxyl groups is 1. The lowest BCUT2D eigenvalue weighted by Crippen LogP contribution is -2.42. The van der Waals surface area contributed by atoms with E-state index in [1.807, 2.05) is 30.3 Å². The van der Waals surface area contributed by atoms with Crippen molar-refractivity contribution in [1.82, 2.24) is 5.32 Å². The van der Waals surface area contributed by atoms with Crippen LogP contribution in [0.5, 0.6) is 0 Å². The Labute approximate surface area is 102 Å². The predicted octanol–water partition coefficient (Wildman–Crippen LogP) is 1.88. The molecule has 0 aliphatic heterocycles. The molecule has 1 fully saturated rings. The van der Waals surface area contributed by atoms with Gasteiger partial charge in [0.05, 0.1) is 12.6 Å². The maximum absolute atomic E-state index is 12.0. The smallest absolute Gasteiger partial charge is 0.223 e. The highest BCUT2D eigenvalue weighted by Crippen LogP contribution is 2.34. The molecule has 1 aromatic rings. The van der Waals surface area contributed by atoms with Gasteiger partial charge in [-0.15, -0.1) is 0 Å². The Morgan fingerprint density at radius 2 is 2.12 bits per heavy atom. The normalized spacial score (nSPS) is 24.8. The standard InChI is InChI=1S/C14H19NO2/c1-10-7-8-12(10)14(17)15-13(9-16)11-5-3-2-4-6-11/h2-6,10,12-13,16H,7-9H2,1H3,(H,15,17)/t10-,12+,13+/m1/s1. The van der Waals surface area contributed by atoms with Gasteiger partial charge < -0.3 is 10.4 Å². The van der Waals surface area contributed by atoms with Gasteiger partial charge in [0.1, 0.15) is 0 Å². The number of amides is 1. The lowest BCUT2D eigenvalue weighted by atomic mass is 9.74. The first-order chi connectivity index (χ1) is 8.22. The van der Waals surface area contributed by atoms with Crippen molar-refractivity contribution in [1.29, 1.82) is 0 Å². The highest BCUT2D eigenvalue weighted by Gasteiger charge is 2.33. The van der Waals surface area contributed by atoms with Gasteiger partial charge in [-0.05, 0) is 24.3 Å². The van der Waals surface area contributed by atoms with Crippen molar-refractivity contribution in [2.45, 2.75) is 25.8 Å². The monoisotopic (exact) mass is 233 g/mol. The van der Waals surface area contributed by atoms with Crippen LogP contribution in [0, 0.1) is 11.8 Å². The highest BCUT2D eigenvalue weighted by molar-refractivity contribution is 5.80. The molecule has 0 heterocycles. The average Bonchev–Trinajstić information content (AvgIpc) is 2.35. The van der Waals surface area contributed by atoms with Crippen molar-refractivity contribution >= 4 is 5.91 Å². The lowest BCUT2D eigenvalue weighted by Gasteiger charge is -2.33. The van der Waals surface area contributed by atoms with Crippen LogP contribution in [0.15, 0.2) is 30.3 Å². The van der Waals surface area contributed by atoms with Gasteiger partial charge in [-0.2, -0.15) is 0 Å². The minimum Gasteiger partial charge on any atom is -0.394 e. The summed E-state index contributed by atoms with van der Waals surface area (Å²) in [4.78, 5) is 12.0. The lowest BCUT2D eigenvalue weighted by molar-refractivity contribution is -0.130. The fraction of sp³-hybridized carbons (Fsp3) is 0.500. The minimum absolute atomic E-state index is 0.0587. The molecule has 17 heavy (non-hydrogen) atoms. The largest absolute Gasteiger partial charge is 0.394 e. The van der Waals surface area contributed by atoms with E-state index in [1.54, 1.807) is 0 Å². The number of hydrogen-bond acceptors (Lipinski definition) is 2. The number of carbonyl (C=O) groups excluding carboxylic acids is 1. The molecular formula is C14H19NO2. The zero-order valence-electron chi connectivity index (χ0n) is 10.1. The molecule has 1 aliphatic carbocycles. The molecule has 0 saturated heterocycles. The van der Waals surface area contributed by atoms with Crippen LogP contribution in [-0.4, -0.2) is 17.6 Å². The molecule has 0 aromatic heterocycles. The summed E-state index contributed by atoms with van der Waals surface area (Å²) < 4.78 is 0. The Kier molecular flexibility index (Phi) is 3.79. The first-order valence-corrected chi connectivity index (χ1v) is 6.18. The fourth-order valence-corrected chi connectivity index (χ4v) is 2.25. The van der Waals surface area contributed by atoms with E-state index in [2.05, 4.69) is 12.2 Å². The quantitative estimate of drug-likeness (QED) is 0.834. The Bertz CT molecular complexity index is 377. The molecular weight excluding hydrogens is 214 g/mol. The van der Waals surface area contributed by atoms with Crippen molar-refractivity contribution in [3.63, 3.8) is 0 Å². The van der Waals surface area contributed by atoms with Crippen molar-refractivity contribution in [3.8, 4) is 0 Å². The number of rotatable bonds is 4. The Hall–Kier alpha value is -1.35. The van der Waals surface area contributed by atoms with Gasteiger partial charge in [-0.25, -0.2) is 0 Å². The van der Waals surface area contributed by atoms with Gasteiger partial charge in [0, 0.05) is 5.92 Å². The van der Waals surface area contributed by atoms with Crippen LogP contribution >= 0.6 is 0 Å². The summed E-state index contributed by atoms with van der Waals surface area (Å²) in [5, 5.41) is 12.3. The third kappa shape index (κ3) is 2.67. The Morgan fingerprint density at radius 3 is 2.59 bits per heavy atom. The maximum Gasteiger partial charge on any atom is 0.223 e. The predicted molar refractivity (Wildman–Crippen MR) is 66.3 cm³/mol. The molecule has 0 unspecified atom stereocenters. The van der Waals surface area contributed by atoms with E-state index in [9.17, 15) is 9.90 Å². The molecule has 2 rings (SSSR count).